The molecule has 1 amide bonds. The van der Waals surface area contributed by atoms with E-state index in [1.807, 2.05) is 49.1 Å². The number of rotatable bonds is 4. The SMILES string of the molecule is CCn1c(S[C@@H](C)C(=O)N2CCc3ccccc3C2)nc2ccccc2c1=O. The third-order valence-corrected chi connectivity index (χ3v) is 6.29. The Kier molecular flexibility index (Phi) is 5.22. The van der Waals surface area contributed by atoms with Gasteiger partial charge in [0.1, 0.15) is 0 Å². The highest BCUT2D eigenvalue weighted by Crippen LogP contribution is 2.26. The Morgan fingerprint density at radius 2 is 1.86 bits per heavy atom. The molecular weight excluding hydrogens is 370 g/mol. The van der Waals surface area contributed by atoms with Crippen LogP contribution in [-0.4, -0.2) is 32.2 Å². The normalized spacial score (nSPS) is 14.7. The molecule has 0 bridgehead atoms. The van der Waals surface area contributed by atoms with E-state index in [1.165, 1.54) is 22.9 Å². The Balaban J connectivity index is 1.57. The van der Waals surface area contributed by atoms with Crippen LogP contribution in [-0.2, 0) is 24.3 Å². The quantitative estimate of drug-likeness (QED) is 0.503. The van der Waals surface area contributed by atoms with E-state index in [-0.39, 0.29) is 16.7 Å². The van der Waals surface area contributed by atoms with Crippen molar-refractivity contribution in [2.45, 2.75) is 43.8 Å². The summed E-state index contributed by atoms with van der Waals surface area (Å²) in [6, 6.07) is 15.6. The summed E-state index contributed by atoms with van der Waals surface area (Å²) in [6.07, 6.45) is 0.882. The van der Waals surface area contributed by atoms with Gasteiger partial charge in [0.05, 0.1) is 16.2 Å². The van der Waals surface area contributed by atoms with Crippen LogP contribution in [0.25, 0.3) is 10.9 Å². The average molecular weight is 394 g/mol. The molecule has 0 fully saturated rings. The van der Waals surface area contributed by atoms with Crippen LogP contribution >= 0.6 is 11.8 Å². The fraction of sp³-hybridized carbons (Fsp3) is 0.318. The molecule has 2 aromatic carbocycles. The van der Waals surface area contributed by atoms with Gasteiger partial charge in [0.15, 0.2) is 5.16 Å². The molecule has 0 saturated carbocycles. The predicted molar refractivity (Wildman–Crippen MR) is 113 cm³/mol. The second-order valence-electron chi connectivity index (χ2n) is 7.00. The summed E-state index contributed by atoms with van der Waals surface area (Å²) in [4.78, 5) is 32.4. The third-order valence-electron chi connectivity index (χ3n) is 5.22. The van der Waals surface area contributed by atoms with E-state index in [4.69, 9.17) is 0 Å². The van der Waals surface area contributed by atoms with E-state index in [9.17, 15) is 9.59 Å². The number of hydrogen-bond donors (Lipinski definition) is 0. The van der Waals surface area contributed by atoms with Crippen LogP contribution in [0.1, 0.15) is 25.0 Å². The van der Waals surface area contributed by atoms with Gasteiger partial charge in [-0.25, -0.2) is 4.98 Å². The highest BCUT2D eigenvalue weighted by Gasteiger charge is 2.26. The van der Waals surface area contributed by atoms with Gasteiger partial charge in [-0.2, -0.15) is 0 Å². The zero-order valence-corrected chi connectivity index (χ0v) is 16.9. The van der Waals surface area contributed by atoms with Crippen LogP contribution in [0, 0.1) is 0 Å². The number of para-hydroxylation sites is 1. The van der Waals surface area contributed by atoms with Gasteiger partial charge in [-0.05, 0) is 43.5 Å². The minimum Gasteiger partial charge on any atom is -0.337 e. The number of nitrogens with zero attached hydrogens (tertiary/aromatic N) is 3. The molecule has 0 aliphatic carbocycles. The van der Waals surface area contributed by atoms with Crippen LogP contribution in [0.5, 0.6) is 0 Å². The van der Waals surface area contributed by atoms with Crippen molar-refractivity contribution in [2.24, 2.45) is 0 Å². The number of fused-ring (bicyclic) bond motifs is 2. The van der Waals surface area contributed by atoms with Gasteiger partial charge >= 0.3 is 0 Å². The first kappa shape index (κ1) is 18.7. The maximum absolute atomic E-state index is 13.1. The fourth-order valence-electron chi connectivity index (χ4n) is 3.67. The van der Waals surface area contributed by atoms with Crippen LogP contribution < -0.4 is 5.56 Å². The number of amides is 1. The zero-order valence-electron chi connectivity index (χ0n) is 16.1. The number of carbonyl (C=O) groups is 1. The zero-order chi connectivity index (χ0) is 19.7. The summed E-state index contributed by atoms with van der Waals surface area (Å²) >= 11 is 1.37. The largest absolute Gasteiger partial charge is 0.337 e. The number of thioether (sulfide) groups is 1. The molecule has 1 aliphatic rings. The van der Waals surface area contributed by atoms with Crippen LogP contribution in [0.4, 0.5) is 0 Å². The van der Waals surface area contributed by atoms with Crippen LogP contribution in [0.15, 0.2) is 58.5 Å². The van der Waals surface area contributed by atoms with E-state index in [1.54, 1.807) is 10.6 Å². The van der Waals surface area contributed by atoms with Gasteiger partial charge in [-0.1, -0.05) is 48.2 Å². The molecule has 0 saturated heterocycles. The van der Waals surface area contributed by atoms with Crippen molar-refractivity contribution >= 4 is 28.6 Å². The van der Waals surface area contributed by atoms with Gasteiger partial charge in [0.25, 0.3) is 5.56 Å². The van der Waals surface area contributed by atoms with E-state index in [0.717, 1.165) is 13.0 Å². The van der Waals surface area contributed by atoms with E-state index < -0.39 is 0 Å². The molecule has 5 nitrogen and oxygen atoms in total. The Morgan fingerprint density at radius 1 is 1.14 bits per heavy atom. The summed E-state index contributed by atoms with van der Waals surface area (Å²) < 4.78 is 1.66. The molecule has 0 spiro atoms. The first-order chi connectivity index (χ1) is 13.6. The molecule has 0 unspecified atom stereocenters. The van der Waals surface area contributed by atoms with Gasteiger partial charge in [0, 0.05) is 19.6 Å². The standard InChI is InChI=1S/C22H23N3O2S/c1-3-25-21(27)18-10-6-7-11-19(18)23-22(25)28-15(2)20(26)24-13-12-16-8-4-5-9-17(16)14-24/h4-11,15H,3,12-14H2,1-2H3/t15-/m0/s1. The molecule has 2 heterocycles. The molecule has 0 N–H and O–H groups in total. The van der Waals surface area contributed by atoms with E-state index in [0.29, 0.717) is 29.1 Å². The number of aromatic nitrogens is 2. The van der Waals surface area contributed by atoms with Gasteiger partial charge in [0.2, 0.25) is 5.91 Å². The second-order valence-corrected chi connectivity index (χ2v) is 8.31. The van der Waals surface area contributed by atoms with Crippen LogP contribution in [0.2, 0.25) is 0 Å². The molecule has 144 valence electrons. The van der Waals surface area contributed by atoms with Gasteiger partial charge in [-0.15, -0.1) is 0 Å². The van der Waals surface area contributed by atoms with Gasteiger partial charge in [-0.3, -0.25) is 14.2 Å². The summed E-state index contributed by atoms with van der Waals surface area (Å²) in [6.45, 7) is 5.72. The Bertz CT molecular complexity index is 1090. The van der Waals surface area contributed by atoms with Crippen molar-refractivity contribution in [3.8, 4) is 0 Å². The fourth-order valence-corrected chi connectivity index (χ4v) is 4.72. The highest BCUT2D eigenvalue weighted by molar-refractivity contribution is 8.00. The molecule has 28 heavy (non-hydrogen) atoms. The second kappa shape index (κ2) is 7.80. The summed E-state index contributed by atoms with van der Waals surface area (Å²) in [5.41, 5.74) is 3.16. The maximum Gasteiger partial charge on any atom is 0.262 e. The molecule has 3 aromatic rings. The predicted octanol–water partition coefficient (Wildman–Crippen LogP) is 3.48. The lowest BCUT2D eigenvalue weighted by Crippen LogP contribution is -2.40. The highest BCUT2D eigenvalue weighted by atomic mass is 32.2. The topological polar surface area (TPSA) is 55.2 Å². The Morgan fingerprint density at radius 3 is 2.64 bits per heavy atom. The smallest absolute Gasteiger partial charge is 0.262 e. The Hall–Kier alpha value is -2.60. The van der Waals surface area contributed by atoms with Crippen molar-refractivity contribution in [1.29, 1.82) is 0 Å². The van der Waals surface area contributed by atoms with Crippen molar-refractivity contribution in [3.63, 3.8) is 0 Å². The molecule has 6 heteroatoms. The van der Waals surface area contributed by atoms with E-state index in [2.05, 4.69) is 17.1 Å². The third kappa shape index (κ3) is 3.44. The number of carbonyl (C=O) groups excluding carboxylic acids is 1. The lowest BCUT2D eigenvalue weighted by Gasteiger charge is -2.30. The van der Waals surface area contributed by atoms with Crippen molar-refractivity contribution < 1.29 is 4.79 Å². The monoisotopic (exact) mass is 393 g/mol. The maximum atomic E-state index is 13.1. The molecule has 0 radical (unpaired) electrons. The first-order valence-electron chi connectivity index (χ1n) is 9.60. The minimum absolute atomic E-state index is 0.0536. The van der Waals surface area contributed by atoms with Crippen molar-refractivity contribution in [1.82, 2.24) is 14.5 Å². The van der Waals surface area contributed by atoms with Crippen molar-refractivity contribution in [3.05, 3.63) is 70.0 Å². The first-order valence-corrected chi connectivity index (χ1v) is 10.5. The van der Waals surface area contributed by atoms with Crippen molar-refractivity contribution in [2.75, 3.05) is 6.54 Å². The Labute approximate surface area is 168 Å². The molecule has 1 atom stereocenters. The lowest BCUT2D eigenvalue weighted by molar-refractivity contribution is -0.131. The number of hydrogen-bond acceptors (Lipinski definition) is 4. The summed E-state index contributed by atoms with van der Waals surface area (Å²) in [7, 11) is 0. The molecule has 1 aliphatic heterocycles. The molecule has 1 aromatic heterocycles. The van der Waals surface area contributed by atoms with Gasteiger partial charge < -0.3 is 4.90 Å². The average Bonchev–Trinajstić information content (AvgIpc) is 2.73. The number of benzene rings is 2. The minimum atomic E-state index is -0.309. The summed E-state index contributed by atoms with van der Waals surface area (Å²) in [5.74, 6) is 0.0876. The molecule has 4 rings (SSSR count). The molecular formula is C22H23N3O2S. The summed E-state index contributed by atoms with van der Waals surface area (Å²) in [5, 5.41) is 0.904. The van der Waals surface area contributed by atoms with E-state index >= 15 is 0 Å². The van der Waals surface area contributed by atoms with Crippen LogP contribution in [0.3, 0.4) is 0 Å². The lowest BCUT2D eigenvalue weighted by atomic mass is 10.00.